The van der Waals surface area contributed by atoms with Crippen molar-refractivity contribution >= 4 is 15.9 Å². The van der Waals surface area contributed by atoms with Gasteiger partial charge in [0.25, 0.3) is 0 Å². The van der Waals surface area contributed by atoms with E-state index in [1.807, 2.05) is 24.3 Å². The number of ether oxygens (including phenoxy) is 1. The Hall–Kier alpha value is -1.32. The molecule has 3 heteroatoms. The summed E-state index contributed by atoms with van der Waals surface area (Å²) in [5.74, 6) is 0.881. The van der Waals surface area contributed by atoms with Crippen molar-refractivity contribution in [1.29, 1.82) is 0 Å². The lowest BCUT2D eigenvalue weighted by atomic mass is 10.2. The Balaban J connectivity index is 1.93. The molecule has 0 spiro atoms. The maximum Gasteiger partial charge on any atom is 0.134 e. The molecule has 0 fully saturated rings. The summed E-state index contributed by atoms with van der Waals surface area (Å²) in [6.07, 6.45) is 1.14. The Bertz CT molecular complexity index is 556. The normalized spacial score (nSPS) is 12.1. The summed E-state index contributed by atoms with van der Waals surface area (Å²) in [7, 11) is 0. The highest BCUT2D eigenvalue weighted by Crippen LogP contribution is 2.26. The van der Waals surface area contributed by atoms with Crippen LogP contribution in [-0.2, 0) is 13.2 Å². The van der Waals surface area contributed by atoms with Crippen LogP contribution in [0, 0.1) is 0 Å². The molecule has 0 aliphatic carbocycles. The van der Waals surface area contributed by atoms with E-state index >= 15 is 0 Å². The van der Waals surface area contributed by atoms with E-state index in [0.717, 1.165) is 23.2 Å². The largest absolute Gasteiger partial charge is 0.488 e. The molecular weight excluding hydrogens is 326 g/mol. The maximum absolute atomic E-state index is 5.86. The van der Waals surface area contributed by atoms with Crippen LogP contribution in [0.5, 0.6) is 5.75 Å². The Labute approximate surface area is 135 Å². The molecule has 1 unspecified atom stereocenters. The lowest BCUT2D eigenvalue weighted by Gasteiger charge is -2.13. The van der Waals surface area contributed by atoms with Gasteiger partial charge in [-0.2, -0.15) is 0 Å². The molecule has 2 aromatic rings. The van der Waals surface area contributed by atoms with Crippen molar-refractivity contribution in [3.8, 4) is 5.75 Å². The van der Waals surface area contributed by atoms with Crippen LogP contribution < -0.4 is 10.1 Å². The van der Waals surface area contributed by atoms with Crippen molar-refractivity contribution in [3.05, 3.63) is 64.1 Å². The molecule has 0 radical (unpaired) electrons. The quantitative estimate of drug-likeness (QED) is 0.767. The van der Waals surface area contributed by atoms with Crippen molar-refractivity contribution in [3.63, 3.8) is 0 Å². The third kappa shape index (κ3) is 5.18. The van der Waals surface area contributed by atoms with E-state index in [0.29, 0.717) is 12.6 Å². The zero-order valence-corrected chi connectivity index (χ0v) is 14.2. The second-order valence-corrected chi connectivity index (χ2v) is 6.08. The van der Waals surface area contributed by atoms with Crippen LogP contribution in [0.1, 0.15) is 31.4 Å². The van der Waals surface area contributed by atoms with E-state index in [9.17, 15) is 0 Å². The van der Waals surface area contributed by atoms with Gasteiger partial charge in [0.05, 0.1) is 4.47 Å². The van der Waals surface area contributed by atoms with Crippen LogP contribution in [0.15, 0.2) is 53.0 Å². The van der Waals surface area contributed by atoms with Crippen molar-refractivity contribution in [2.75, 3.05) is 0 Å². The highest BCUT2D eigenvalue weighted by atomic mass is 79.9. The predicted molar refractivity (Wildman–Crippen MR) is 91.5 cm³/mol. The number of hydrogen-bond acceptors (Lipinski definition) is 2. The monoisotopic (exact) mass is 347 g/mol. The van der Waals surface area contributed by atoms with Crippen LogP contribution in [-0.4, -0.2) is 6.04 Å². The Kier molecular flexibility index (Phi) is 6.27. The van der Waals surface area contributed by atoms with Gasteiger partial charge >= 0.3 is 0 Å². The number of nitrogens with one attached hydrogen (secondary N) is 1. The highest BCUT2D eigenvalue weighted by Gasteiger charge is 2.04. The van der Waals surface area contributed by atoms with Crippen molar-refractivity contribution in [1.82, 2.24) is 5.32 Å². The van der Waals surface area contributed by atoms with Gasteiger partial charge in [0.2, 0.25) is 0 Å². The summed E-state index contributed by atoms with van der Waals surface area (Å²) < 4.78 is 6.86. The molecule has 0 amide bonds. The van der Waals surface area contributed by atoms with Gasteiger partial charge in [0, 0.05) is 12.6 Å². The average Bonchev–Trinajstić information content (AvgIpc) is 2.52. The lowest BCUT2D eigenvalue weighted by molar-refractivity contribution is 0.304. The molecule has 1 atom stereocenters. The van der Waals surface area contributed by atoms with E-state index in [1.54, 1.807) is 0 Å². The van der Waals surface area contributed by atoms with Gasteiger partial charge in [0.1, 0.15) is 12.4 Å². The van der Waals surface area contributed by atoms with Crippen LogP contribution >= 0.6 is 15.9 Å². The van der Waals surface area contributed by atoms with Gasteiger partial charge in [-0.3, -0.25) is 0 Å². The summed E-state index contributed by atoms with van der Waals surface area (Å²) in [6.45, 7) is 5.86. The average molecular weight is 348 g/mol. The van der Waals surface area contributed by atoms with Crippen molar-refractivity contribution < 1.29 is 4.74 Å². The van der Waals surface area contributed by atoms with Crippen molar-refractivity contribution in [2.45, 2.75) is 39.5 Å². The summed E-state index contributed by atoms with van der Waals surface area (Å²) in [5, 5.41) is 3.49. The molecule has 2 aromatic carbocycles. The zero-order valence-electron chi connectivity index (χ0n) is 12.6. The number of hydrogen-bond donors (Lipinski definition) is 1. The SMILES string of the molecule is CCC(C)NCc1ccc(OCc2ccccc2)c(Br)c1. The minimum atomic E-state index is 0.540. The number of benzene rings is 2. The molecule has 112 valence electrons. The molecule has 0 bridgehead atoms. The first kappa shape index (κ1) is 16.1. The molecule has 0 aromatic heterocycles. The predicted octanol–water partition coefficient (Wildman–Crippen LogP) is 4.92. The second kappa shape index (κ2) is 8.20. The first-order valence-corrected chi connectivity index (χ1v) is 8.17. The summed E-state index contributed by atoms with van der Waals surface area (Å²) in [4.78, 5) is 0. The molecule has 2 rings (SSSR count). The van der Waals surface area contributed by atoms with Gasteiger partial charge in [0.15, 0.2) is 0 Å². The van der Waals surface area contributed by atoms with E-state index in [4.69, 9.17) is 4.74 Å². The fraction of sp³-hybridized carbons (Fsp3) is 0.333. The third-order valence-corrected chi connectivity index (χ3v) is 4.12. The van der Waals surface area contributed by atoms with Gasteiger partial charge in [-0.1, -0.05) is 43.3 Å². The van der Waals surface area contributed by atoms with E-state index in [-0.39, 0.29) is 0 Å². The van der Waals surface area contributed by atoms with Gasteiger partial charge in [-0.15, -0.1) is 0 Å². The van der Waals surface area contributed by atoms with Crippen LogP contribution in [0.3, 0.4) is 0 Å². The van der Waals surface area contributed by atoms with Gasteiger partial charge in [-0.05, 0) is 52.5 Å². The molecule has 0 saturated carbocycles. The zero-order chi connectivity index (χ0) is 15.1. The summed E-state index contributed by atoms with van der Waals surface area (Å²) in [5.41, 5.74) is 2.43. The van der Waals surface area contributed by atoms with Crippen LogP contribution in [0.25, 0.3) is 0 Å². The fourth-order valence-electron chi connectivity index (χ4n) is 1.94. The highest BCUT2D eigenvalue weighted by molar-refractivity contribution is 9.10. The molecule has 0 heterocycles. The third-order valence-electron chi connectivity index (χ3n) is 3.50. The Morgan fingerprint density at radius 2 is 1.86 bits per heavy atom. The van der Waals surface area contributed by atoms with E-state index < -0.39 is 0 Å². The molecule has 2 nitrogen and oxygen atoms in total. The standard InChI is InChI=1S/C18H22BrNO/c1-3-14(2)20-12-16-9-10-18(17(19)11-16)21-13-15-7-5-4-6-8-15/h4-11,14,20H,3,12-13H2,1-2H3. The first-order valence-electron chi connectivity index (χ1n) is 7.37. The Morgan fingerprint density at radius 1 is 1.10 bits per heavy atom. The minimum Gasteiger partial charge on any atom is -0.488 e. The Morgan fingerprint density at radius 3 is 2.52 bits per heavy atom. The molecule has 0 saturated heterocycles. The van der Waals surface area contributed by atoms with Crippen LogP contribution in [0.4, 0.5) is 0 Å². The van der Waals surface area contributed by atoms with Crippen LogP contribution in [0.2, 0.25) is 0 Å². The molecular formula is C18H22BrNO. The first-order chi connectivity index (χ1) is 10.2. The van der Waals surface area contributed by atoms with E-state index in [1.165, 1.54) is 11.1 Å². The van der Waals surface area contributed by atoms with Gasteiger partial charge < -0.3 is 10.1 Å². The van der Waals surface area contributed by atoms with E-state index in [2.05, 4.69) is 59.4 Å². The molecule has 1 N–H and O–H groups in total. The summed E-state index contributed by atoms with van der Waals surface area (Å²) in [6, 6.07) is 17.0. The van der Waals surface area contributed by atoms with Gasteiger partial charge in [-0.25, -0.2) is 0 Å². The minimum absolute atomic E-state index is 0.540. The lowest BCUT2D eigenvalue weighted by Crippen LogP contribution is -2.24. The maximum atomic E-state index is 5.86. The number of halogens is 1. The summed E-state index contributed by atoms with van der Waals surface area (Å²) >= 11 is 3.59. The smallest absolute Gasteiger partial charge is 0.134 e. The second-order valence-electron chi connectivity index (χ2n) is 5.23. The molecule has 0 aliphatic rings. The molecule has 0 aliphatic heterocycles. The fourth-order valence-corrected chi connectivity index (χ4v) is 2.48. The number of rotatable bonds is 7. The van der Waals surface area contributed by atoms with Crippen molar-refractivity contribution in [2.24, 2.45) is 0 Å². The molecule has 21 heavy (non-hydrogen) atoms. The topological polar surface area (TPSA) is 21.3 Å².